The standard InChI is InChI=1S/C10H9NO3S2/c12-9-6-15-10(11-9)7-16(13,14)8-4-2-1-3-5-8/h1-5,7H,6H2,(H,11,12). The molecule has 6 heteroatoms. The number of carbonyl (C=O) groups excluding carboxylic acids is 1. The molecule has 1 amide bonds. The molecule has 1 saturated heterocycles. The second-order valence-corrected chi connectivity index (χ2v) is 5.99. The van der Waals surface area contributed by atoms with Gasteiger partial charge in [0, 0.05) is 0 Å². The lowest BCUT2D eigenvalue weighted by atomic mass is 10.4. The summed E-state index contributed by atoms with van der Waals surface area (Å²) in [5, 5.41) is 3.96. The van der Waals surface area contributed by atoms with Crippen LogP contribution in [0.25, 0.3) is 0 Å². The van der Waals surface area contributed by atoms with Crippen molar-refractivity contribution in [1.29, 1.82) is 0 Å². The van der Waals surface area contributed by atoms with Gasteiger partial charge in [-0.05, 0) is 12.1 Å². The van der Waals surface area contributed by atoms with E-state index in [1.807, 2.05) is 0 Å². The number of carbonyl (C=O) groups is 1. The van der Waals surface area contributed by atoms with Gasteiger partial charge in [0.25, 0.3) is 0 Å². The Bertz CT molecular complexity index is 534. The van der Waals surface area contributed by atoms with Crippen molar-refractivity contribution in [3.8, 4) is 0 Å². The van der Waals surface area contributed by atoms with Crippen molar-refractivity contribution in [3.63, 3.8) is 0 Å². The molecular formula is C10H9NO3S2. The highest BCUT2D eigenvalue weighted by atomic mass is 32.2. The van der Waals surface area contributed by atoms with Crippen LogP contribution in [0, 0.1) is 0 Å². The van der Waals surface area contributed by atoms with Gasteiger partial charge in [-0.15, -0.1) is 0 Å². The number of benzene rings is 1. The van der Waals surface area contributed by atoms with Crippen LogP contribution in [0.4, 0.5) is 0 Å². The fraction of sp³-hybridized carbons (Fsp3) is 0.100. The van der Waals surface area contributed by atoms with Crippen molar-refractivity contribution < 1.29 is 13.2 Å². The third kappa shape index (κ3) is 2.45. The molecule has 0 saturated carbocycles. The van der Waals surface area contributed by atoms with Crippen LogP contribution in [0.1, 0.15) is 0 Å². The average molecular weight is 255 g/mol. The van der Waals surface area contributed by atoms with Crippen LogP contribution in [-0.2, 0) is 14.6 Å². The summed E-state index contributed by atoms with van der Waals surface area (Å²) in [6.45, 7) is 0. The summed E-state index contributed by atoms with van der Waals surface area (Å²) in [4.78, 5) is 11.1. The molecule has 2 rings (SSSR count). The fourth-order valence-electron chi connectivity index (χ4n) is 1.24. The smallest absolute Gasteiger partial charge is 0.235 e. The summed E-state index contributed by atoms with van der Waals surface area (Å²) >= 11 is 1.19. The van der Waals surface area contributed by atoms with Crippen molar-refractivity contribution in [1.82, 2.24) is 5.32 Å². The maximum absolute atomic E-state index is 11.9. The first-order chi connectivity index (χ1) is 7.58. The number of hydrogen-bond acceptors (Lipinski definition) is 4. The molecule has 0 aliphatic carbocycles. The van der Waals surface area contributed by atoms with Crippen LogP contribution in [0.15, 0.2) is 45.7 Å². The average Bonchev–Trinajstić information content (AvgIpc) is 2.64. The molecule has 0 radical (unpaired) electrons. The molecule has 1 N–H and O–H groups in total. The molecule has 1 fully saturated rings. The Kier molecular flexibility index (Phi) is 3.02. The van der Waals surface area contributed by atoms with Gasteiger partial charge in [-0.3, -0.25) is 4.79 Å². The van der Waals surface area contributed by atoms with E-state index in [1.54, 1.807) is 18.2 Å². The van der Waals surface area contributed by atoms with Gasteiger partial charge in [0.2, 0.25) is 15.7 Å². The Morgan fingerprint density at radius 1 is 1.25 bits per heavy atom. The van der Waals surface area contributed by atoms with Crippen LogP contribution in [0.2, 0.25) is 0 Å². The monoisotopic (exact) mass is 255 g/mol. The summed E-state index contributed by atoms with van der Waals surface area (Å²) in [6, 6.07) is 8.11. The normalized spacial score (nSPS) is 18.8. The van der Waals surface area contributed by atoms with Crippen LogP contribution in [0.5, 0.6) is 0 Å². The van der Waals surface area contributed by atoms with Gasteiger partial charge in [0.05, 0.1) is 21.1 Å². The summed E-state index contributed by atoms with van der Waals surface area (Å²) < 4.78 is 23.7. The molecule has 1 aromatic rings. The minimum Gasteiger partial charge on any atom is -0.319 e. The molecule has 0 bridgehead atoms. The minimum absolute atomic E-state index is 0.167. The van der Waals surface area contributed by atoms with Gasteiger partial charge >= 0.3 is 0 Å². The van der Waals surface area contributed by atoms with Crippen LogP contribution < -0.4 is 5.32 Å². The van der Waals surface area contributed by atoms with Gasteiger partial charge in [0.15, 0.2) is 0 Å². The van der Waals surface area contributed by atoms with Crippen molar-refractivity contribution in [3.05, 3.63) is 40.8 Å². The van der Waals surface area contributed by atoms with Gasteiger partial charge in [0.1, 0.15) is 0 Å². The number of hydrogen-bond donors (Lipinski definition) is 1. The zero-order valence-corrected chi connectivity index (χ0v) is 9.85. The van der Waals surface area contributed by atoms with E-state index in [9.17, 15) is 13.2 Å². The highest BCUT2D eigenvalue weighted by Crippen LogP contribution is 2.22. The SMILES string of the molecule is O=C1CSC(=CS(=O)(=O)c2ccccc2)N1. The third-order valence-electron chi connectivity index (χ3n) is 1.96. The van der Waals surface area contributed by atoms with E-state index in [4.69, 9.17) is 0 Å². The van der Waals surface area contributed by atoms with E-state index in [-0.39, 0.29) is 16.6 Å². The molecule has 0 atom stereocenters. The first-order valence-electron chi connectivity index (χ1n) is 4.52. The van der Waals surface area contributed by atoms with E-state index < -0.39 is 9.84 Å². The Morgan fingerprint density at radius 2 is 1.94 bits per heavy atom. The lowest BCUT2D eigenvalue weighted by molar-refractivity contribution is -0.117. The molecule has 0 unspecified atom stereocenters. The lowest BCUT2D eigenvalue weighted by Crippen LogP contribution is -2.14. The van der Waals surface area contributed by atoms with E-state index in [0.29, 0.717) is 5.03 Å². The highest BCUT2D eigenvalue weighted by Gasteiger charge is 2.19. The number of sulfone groups is 1. The van der Waals surface area contributed by atoms with E-state index in [0.717, 1.165) is 5.41 Å². The van der Waals surface area contributed by atoms with E-state index >= 15 is 0 Å². The molecule has 16 heavy (non-hydrogen) atoms. The van der Waals surface area contributed by atoms with Crippen LogP contribution in [0.3, 0.4) is 0 Å². The summed E-state index contributed by atoms with van der Waals surface area (Å²) in [6.07, 6.45) is 0. The van der Waals surface area contributed by atoms with Crippen molar-refractivity contribution in [2.45, 2.75) is 4.90 Å². The zero-order chi connectivity index (χ0) is 11.6. The number of thioether (sulfide) groups is 1. The molecule has 1 aliphatic heterocycles. The number of rotatable bonds is 2. The molecule has 0 spiro atoms. The lowest BCUT2D eigenvalue weighted by Gasteiger charge is -2.00. The van der Waals surface area contributed by atoms with Crippen molar-refractivity contribution in [2.75, 3.05) is 5.75 Å². The molecule has 1 aliphatic rings. The zero-order valence-electron chi connectivity index (χ0n) is 8.21. The Morgan fingerprint density at radius 3 is 2.50 bits per heavy atom. The summed E-state index contributed by atoms with van der Waals surface area (Å²) in [5.41, 5.74) is 0. The third-order valence-corrected chi connectivity index (χ3v) is 4.52. The predicted molar refractivity (Wildman–Crippen MR) is 62.3 cm³/mol. The second kappa shape index (κ2) is 4.31. The van der Waals surface area contributed by atoms with Crippen LogP contribution >= 0.6 is 11.8 Å². The van der Waals surface area contributed by atoms with Crippen molar-refractivity contribution >= 4 is 27.5 Å². The Labute approximate surface area is 97.7 Å². The first-order valence-corrected chi connectivity index (χ1v) is 7.05. The maximum Gasteiger partial charge on any atom is 0.235 e. The van der Waals surface area contributed by atoms with Gasteiger partial charge < -0.3 is 5.32 Å². The number of amides is 1. The molecule has 1 heterocycles. The van der Waals surface area contributed by atoms with Gasteiger partial charge in [-0.2, -0.15) is 0 Å². The highest BCUT2D eigenvalue weighted by molar-refractivity contribution is 8.05. The maximum atomic E-state index is 11.9. The summed E-state index contributed by atoms with van der Waals surface area (Å²) in [7, 11) is -3.46. The molecule has 84 valence electrons. The Hall–Kier alpha value is -1.27. The van der Waals surface area contributed by atoms with Crippen molar-refractivity contribution in [2.24, 2.45) is 0 Å². The second-order valence-electron chi connectivity index (χ2n) is 3.18. The molecule has 0 aromatic heterocycles. The molecule has 1 aromatic carbocycles. The van der Waals surface area contributed by atoms with Crippen LogP contribution in [-0.4, -0.2) is 20.1 Å². The topological polar surface area (TPSA) is 63.2 Å². The molecular weight excluding hydrogens is 246 g/mol. The van der Waals surface area contributed by atoms with Gasteiger partial charge in [-0.1, -0.05) is 30.0 Å². The summed E-state index contributed by atoms with van der Waals surface area (Å²) in [5.74, 6) is 0.107. The Balaban J connectivity index is 2.31. The quantitative estimate of drug-likeness (QED) is 0.860. The largest absolute Gasteiger partial charge is 0.319 e. The van der Waals surface area contributed by atoms with E-state index in [2.05, 4.69) is 5.32 Å². The fourth-order valence-corrected chi connectivity index (χ4v) is 3.45. The minimum atomic E-state index is -3.46. The first kappa shape index (κ1) is 11.2. The molecule has 4 nitrogen and oxygen atoms in total. The van der Waals surface area contributed by atoms with E-state index in [1.165, 1.54) is 23.9 Å². The van der Waals surface area contributed by atoms with Gasteiger partial charge in [-0.25, -0.2) is 8.42 Å². The predicted octanol–water partition coefficient (Wildman–Crippen LogP) is 1.12. The number of nitrogens with one attached hydrogen (secondary N) is 1.